The maximum atomic E-state index is 5.46. The third kappa shape index (κ3) is 6.06. The van der Waals surface area contributed by atoms with E-state index in [2.05, 4.69) is 49.3 Å². The largest absolute Gasteiger partial charge is 0.495 e. The summed E-state index contributed by atoms with van der Waals surface area (Å²) in [6.45, 7) is 1.58. The van der Waals surface area contributed by atoms with Gasteiger partial charge in [0.15, 0.2) is 11.5 Å². The molecule has 2 aromatic carbocycles. The zero-order valence-corrected chi connectivity index (χ0v) is 18.4. The fourth-order valence-corrected chi connectivity index (χ4v) is 3.94. The van der Waals surface area contributed by atoms with Crippen LogP contribution in [0, 0.1) is 0 Å². The first kappa shape index (κ1) is 22.1. The van der Waals surface area contributed by atoms with Gasteiger partial charge in [-0.1, -0.05) is 22.0 Å². The molecular weight excluding hydrogens is 473 g/mol. The van der Waals surface area contributed by atoms with Crippen molar-refractivity contribution in [1.82, 2.24) is 5.32 Å². The van der Waals surface area contributed by atoms with Gasteiger partial charge < -0.3 is 19.5 Å². The highest BCUT2D eigenvalue weighted by Crippen LogP contribution is 2.32. The Kier molecular flexibility index (Phi) is 9.64. The predicted molar refractivity (Wildman–Crippen MR) is 111 cm³/mol. The van der Waals surface area contributed by atoms with Crippen LogP contribution < -0.4 is 19.5 Å². The monoisotopic (exact) mass is 493 g/mol. The second-order valence-corrected chi connectivity index (χ2v) is 6.97. The molecule has 0 bridgehead atoms. The number of hydrogen-bond donors (Lipinski definition) is 1. The molecule has 0 atom stereocenters. The van der Waals surface area contributed by atoms with Crippen molar-refractivity contribution >= 4 is 44.3 Å². The van der Waals surface area contributed by atoms with E-state index in [0.29, 0.717) is 0 Å². The molecule has 25 heavy (non-hydrogen) atoms. The summed E-state index contributed by atoms with van der Waals surface area (Å²) in [6, 6.07) is 10.0. The minimum Gasteiger partial charge on any atom is -0.495 e. The van der Waals surface area contributed by atoms with Crippen molar-refractivity contribution in [1.29, 1.82) is 0 Å². The first-order valence-electron chi connectivity index (χ1n) is 7.52. The molecule has 2 rings (SSSR count). The van der Waals surface area contributed by atoms with E-state index in [4.69, 9.17) is 14.2 Å². The van der Waals surface area contributed by atoms with Gasteiger partial charge >= 0.3 is 0 Å². The summed E-state index contributed by atoms with van der Waals surface area (Å²) in [5, 5.41) is 3.45. The van der Waals surface area contributed by atoms with Crippen molar-refractivity contribution in [3.63, 3.8) is 0 Å². The fraction of sp³-hybridized carbons (Fsp3) is 0.333. The molecule has 0 aromatic heterocycles. The number of benzene rings is 2. The smallest absolute Gasteiger partial charge is 0.160 e. The first-order valence-corrected chi connectivity index (χ1v) is 9.11. The summed E-state index contributed by atoms with van der Waals surface area (Å²) >= 11 is 7.04. The normalized spacial score (nSPS) is 10.1. The van der Waals surface area contributed by atoms with Gasteiger partial charge in [0.2, 0.25) is 0 Å². The molecule has 0 amide bonds. The molecule has 0 aliphatic rings. The third-order valence-electron chi connectivity index (χ3n) is 3.64. The summed E-state index contributed by atoms with van der Waals surface area (Å²) in [6.07, 6.45) is 0.901. The Morgan fingerprint density at radius 3 is 2.28 bits per heavy atom. The summed E-state index contributed by atoms with van der Waals surface area (Å²) < 4.78 is 18.0. The number of methoxy groups -OCH3 is 3. The highest BCUT2D eigenvalue weighted by molar-refractivity contribution is 9.11. The Bertz CT molecular complexity index is 698. The molecule has 138 valence electrons. The standard InChI is InChI=1S/C18H21Br2NO3.ClH/c1-22-16-5-4-12(8-17(16)23-2)6-7-21-11-13-9-14(19)10-15(20)18(13)24-3;/h4-5,8-10,21H,6-7,11H2,1-3H3;1H. The van der Waals surface area contributed by atoms with Crippen molar-refractivity contribution in [2.24, 2.45) is 0 Å². The van der Waals surface area contributed by atoms with Gasteiger partial charge in [0, 0.05) is 16.6 Å². The number of hydrogen-bond acceptors (Lipinski definition) is 4. The maximum Gasteiger partial charge on any atom is 0.160 e. The highest BCUT2D eigenvalue weighted by Gasteiger charge is 2.09. The van der Waals surface area contributed by atoms with Crippen LogP contribution in [-0.4, -0.2) is 27.9 Å². The van der Waals surface area contributed by atoms with E-state index in [1.807, 2.05) is 18.2 Å². The lowest BCUT2D eigenvalue weighted by Crippen LogP contribution is -2.17. The van der Waals surface area contributed by atoms with Gasteiger partial charge in [-0.15, -0.1) is 12.4 Å². The molecule has 0 unspecified atom stereocenters. The van der Waals surface area contributed by atoms with Gasteiger partial charge in [-0.25, -0.2) is 0 Å². The Morgan fingerprint density at radius 1 is 0.920 bits per heavy atom. The number of ether oxygens (including phenoxy) is 3. The number of halogens is 3. The van der Waals surface area contributed by atoms with Crippen LogP contribution in [0.15, 0.2) is 39.3 Å². The molecule has 4 nitrogen and oxygen atoms in total. The summed E-state index contributed by atoms with van der Waals surface area (Å²) in [5.41, 5.74) is 2.30. The zero-order chi connectivity index (χ0) is 17.5. The first-order chi connectivity index (χ1) is 11.6. The molecule has 0 fully saturated rings. The highest BCUT2D eigenvalue weighted by atomic mass is 79.9. The van der Waals surface area contributed by atoms with Crippen LogP contribution in [0.2, 0.25) is 0 Å². The van der Waals surface area contributed by atoms with Crippen LogP contribution in [0.4, 0.5) is 0 Å². The lowest BCUT2D eigenvalue weighted by molar-refractivity contribution is 0.354. The number of nitrogens with one attached hydrogen (secondary N) is 1. The van der Waals surface area contributed by atoms with Crippen LogP contribution >= 0.6 is 44.3 Å². The zero-order valence-electron chi connectivity index (χ0n) is 14.4. The SMILES string of the molecule is COc1ccc(CCNCc2cc(Br)cc(Br)c2OC)cc1OC.Cl. The minimum atomic E-state index is 0. The van der Waals surface area contributed by atoms with Crippen molar-refractivity contribution < 1.29 is 14.2 Å². The molecule has 0 saturated heterocycles. The van der Waals surface area contributed by atoms with Gasteiger partial charge in [0.05, 0.1) is 25.8 Å². The molecule has 2 aromatic rings. The van der Waals surface area contributed by atoms with Crippen LogP contribution in [0.5, 0.6) is 17.2 Å². The average molecular weight is 496 g/mol. The average Bonchev–Trinajstić information content (AvgIpc) is 2.58. The van der Waals surface area contributed by atoms with E-state index in [-0.39, 0.29) is 12.4 Å². The van der Waals surface area contributed by atoms with E-state index in [0.717, 1.165) is 51.3 Å². The Hall–Kier alpha value is -0.950. The topological polar surface area (TPSA) is 39.7 Å². The molecule has 1 N–H and O–H groups in total. The molecule has 0 radical (unpaired) electrons. The van der Waals surface area contributed by atoms with Crippen LogP contribution in [0.3, 0.4) is 0 Å². The molecule has 0 saturated carbocycles. The lowest BCUT2D eigenvalue weighted by atomic mass is 10.1. The van der Waals surface area contributed by atoms with Crippen LogP contribution in [0.25, 0.3) is 0 Å². The second-order valence-electron chi connectivity index (χ2n) is 5.20. The Labute approximate surface area is 171 Å². The molecule has 0 heterocycles. The van der Waals surface area contributed by atoms with Crippen molar-refractivity contribution in [3.8, 4) is 17.2 Å². The Morgan fingerprint density at radius 2 is 1.64 bits per heavy atom. The predicted octanol–water partition coefficient (Wildman–Crippen LogP) is 4.99. The molecule has 0 spiro atoms. The second kappa shape index (κ2) is 10.9. The van der Waals surface area contributed by atoms with E-state index in [1.165, 1.54) is 5.56 Å². The van der Waals surface area contributed by atoms with Crippen molar-refractivity contribution in [2.45, 2.75) is 13.0 Å². The minimum absolute atomic E-state index is 0. The van der Waals surface area contributed by atoms with Gasteiger partial charge in [-0.3, -0.25) is 0 Å². The lowest BCUT2D eigenvalue weighted by Gasteiger charge is -2.13. The van der Waals surface area contributed by atoms with Crippen LogP contribution in [-0.2, 0) is 13.0 Å². The molecule has 7 heteroatoms. The maximum absolute atomic E-state index is 5.46. The van der Waals surface area contributed by atoms with Crippen molar-refractivity contribution in [2.75, 3.05) is 27.9 Å². The quantitative estimate of drug-likeness (QED) is 0.524. The Balaban J connectivity index is 0.00000312. The van der Waals surface area contributed by atoms with E-state index in [1.54, 1.807) is 21.3 Å². The van der Waals surface area contributed by atoms with Gasteiger partial charge in [-0.05, 0) is 58.7 Å². The van der Waals surface area contributed by atoms with E-state index in [9.17, 15) is 0 Å². The van der Waals surface area contributed by atoms with E-state index < -0.39 is 0 Å². The third-order valence-corrected chi connectivity index (χ3v) is 4.69. The summed E-state index contributed by atoms with van der Waals surface area (Å²) in [4.78, 5) is 0. The summed E-state index contributed by atoms with van der Waals surface area (Å²) in [7, 11) is 4.97. The summed E-state index contributed by atoms with van der Waals surface area (Å²) in [5.74, 6) is 2.36. The van der Waals surface area contributed by atoms with Gasteiger partial charge in [0.25, 0.3) is 0 Å². The number of rotatable bonds is 8. The van der Waals surface area contributed by atoms with E-state index >= 15 is 0 Å². The fourth-order valence-electron chi connectivity index (χ4n) is 2.47. The molecule has 0 aliphatic heterocycles. The van der Waals surface area contributed by atoms with Crippen LogP contribution in [0.1, 0.15) is 11.1 Å². The van der Waals surface area contributed by atoms with Gasteiger partial charge in [0.1, 0.15) is 5.75 Å². The molecular formula is C18H22Br2ClNO3. The molecule has 0 aliphatic carbocycles. The van der Waals surface area contributed by atoms with Crippen molar-refractivity contribution in [3.05, 3.63) is 50.4 Å². The van der Waals surface area contributed by atoms with Gasteiger partial charge in [-0.2, -0.15) is 0 Å².